The third-order valence-electron chi connectivity index (χ3n) is 3.59. The number of nitrogens with zero attached hydrogens (tertiary/aromatic N) is 2. The molecule has 0 spiro atoms. The summed E-state index contributed by atoms with van der Waals surface area (Å²) in [7, 11) is 1.82. The van der Waals surface area contributed by atoms with E-state index in [0.717, 1.165) is 28.9 Å². The van der Waals surface area contributed by atoms with Gasteiger partial charge in [-0.25, -0.2) is 0 Å². The molecule has 0 fully saturated rings. The number of ketones is 1. The number of rotatable bonds is 6. The van der Waals surface area contributed by atoms with Crippen molar-refractivity contribution in [2.24, 2.45) is 12.8 Å². The first-order valence-electron chi connectivity index (χ1n) is 7.05. The zero-order valence-electron chi connectivity index (χ0n) is 12.4. The third-order valence-corrected chi connectivity index (χ3v) is 4.03. The van der Waals surface area contributed by atoms with Gasteiger partial charge in [-0.15, -0.1) is 0 Å². The molecule has 5 heteroatoms. The standard InChI is InChI=1S/C16H20ClN3O/c1-3-14-16(17)15(20(2)19-14)9-13(21)8-11-6-4-5-7-12(11)10-18/h4-7H,3,8-10,18H2,1-2H3. The lowest BCUT2D eigenvalue weighted by molar-refractivity contribution is -0.117. The molecule has 2 N–H and O–H groups in total. The number of benzene rings is 1. The van der Waals surface area contributed by atoms with Crippen molar-refractivity contribution >= 4 is 17.4 Å². The van der Waals surface area contributed by atoms with Crippen LogP contribution in [0.5, 0.6) is 0 Å². The second-order valence-electron chi connectivity index (χ2n) is 5.05. The summed E-state index contributed by atoms with van der Waals surface area (Å²) in [4.78, 5) is 12.3. The molecule has 0 aliphatic heterocycles. The fourth-order valence-corrected chi connectivity index (χ4v) is 2.76. The predicted octanol–water partition coefficient (Wildman–Crippen LogP) is 2.45. The van der Waals surface area contributed by atoms with E-state index in [0.29, 0.717) is 24.4 Å². The van der Waals surface area contributed by atoms with Gasteiger partial charge in [0.1, 0.15) is 5.78 Å². The van der Waals surface area contributed by atoms with Crippen LogP contribution in [0.3, 0.4) is 0 Å². The third kappa shape index (κ3) is 3.52. The largest absolute Gasteiger partial charge is 0.326 e. The summed E-state index contributed by atoms with van der Waals surface area (Å²) in [6.07, 6.45) is 1.43. The zero-order chi connectivity index (χ0) is 15.4. The Morgan fingerprint density at radius 1 is 1.29 bits per heavy atom. The normalized spacial score (nSPS) is 10.9. The Hall–Kier alpha value is -1.65. The Bertz CT molecular complexity index is 649. The van der Waals surface area contributed by atoms with E-state index < -0.39 is 0 Å². The molecule has 0 bridgehead atoms. The smallest absolute Gasteiger partial charge is 0.143 e. The first kappa shape index (κ1) is 15.7. The average molecular weight is 306 g/mol. The molecule has 0 saturated heterocycles. The molecule has 0 amide bonds. The SMILES string of the molecule is CCc1nn(C)c(CC(=O)Cc2ccccc2CN)c1Cl. The lowest BCUT2D eigenvalue weighted by atomic mass is 10.0. The lowest BCUT2D eigenvalue weighted by Gasteiger charge is -2.07. The van der Waals surface area contributed by atoms with Crippen LogP contribution in [-0.4, -0.2) is 15.6 Å². The van der Waals surface area contributed by atoms with Gasteiger partial charge in [0.15, 0.2) is 0 Å². The van der Waals surface area contributed by atoms with Gasteiger partial charge in [-0.2, -0.15) is 5.10 Å². The second kappa shape index (κ2) is 6.87. The molecule has 112 valence electrons. The molecule has 2 aromatic rings. The van der Waals surface area contributed by atoms with Gasteiger partial charge >= 0.3 is 0 Å². The molecule has 2 rings (SSSR count). The molecule has 21 heavy (non-hydrogen) atoms. The molecule has 0 aliphatic rings. The summed E-state index contributed by atoms with van der Waals surface area (Å²) in [6, 6.07) is 7.76. The average Bonchev–Trinajstić information content (AvgIpc) is 2.75. The van der Waals surface area contributed by atoms with Crippen LogP contribution in [0.25, 0.3) is 0 Å². The van der Waals surface area contributed by atoms with E-state index in [4.69, 9.17) is 17.3 Å². The summed E-state index contributed by atoms with van der Waals surface area (Å²) < 4.78 is 1.70. The van der Waals surface area contributed by atoms with Gasteiger partial charge in [0, 0.05) is 20.0 Å². The molecule has 4 nitrogen and oxygen atoms in total. The van der Waals surface area contributed by atoms with Gasteiger partial charge < -0.3 is 5.73 Å². The van der Waals surface area contributed by atoms with Crippen LogP contribution in [0.4, 0.5) is 0 Å². The molecule has 1 heterocycles. The van der Waals surface area contributed by atoms with Crippen molar-refractivity contribution in [3.8, 4) is 0 Å². The van der Waals surface area contributed by atoms with E-state index in [1.807, 2.05) is 38.2 Å². The van der Waals surface area contributed by atoms with Crippen LogP contribution in [0, 0.1) is 0 Å². The molecule has 1 aromatic carbocycles. The molecule has 0 radical (unpaired) electrons. The van der Waals surface area contributed by atoms with Crippen molar-refractivity contribution in [2.45, 2.75) is 32.7 Å². The summed E-state index contributed by atoms with van der Waals surface area (Å²) in [6.45, 7) is 2.44. The number of hydrogen-bond donors (Lipinski definition) is 1. The molecule has 0 unspecified atom stereocenters. The number of aryl methyl sites for hydroxylation is 2. The molecule has 0 atom stereocenters. The summed E-state index contributed by atoms with van der Waals surface area (Å²) in [5.41, 5.74) is 9.32. The maximum atomic E-state index is 12.3. The van der Waals surface area contributed by atoms with E-state index >= 15 is 0 Å². The lowest BCUT2D eigenvalue weighted by Crippen LogP contribution is -2.12. The Balaban J connectivity index is 2.14. The Kier molecular flexibility index (Phi) is 5.15. The maximum Gasteiger partial charge on any atom is 0.143 e. The molecule has 0 aliphatic carbocycles. The Labute approximate surface area is 129 Å². The van der Waals surface area contributed by atoms with E-state index in [2.05, 4.69) is 5.10 Å². The molecule has 1 aromatic heterocycles. The number of Topliss-reactive ketones (excluding diaryl/α,β-unsaturated/α-hetero) is 1. The summed E-state index contributed by atoms with van der Waals surface area (Å²) >= 11 is 6.28. The highest BCUT2D eigenvalue weighted by molar-refractivity contribution is 6.32. The van der Waals surface area contributed by atoms with Crippen molar-refractivity contribution in [3.05, 3.63) is 51.8 Å². The van der Waals surface area contributed by atoms with Gasteiger partial charge in [-0.05, 0) is 17.5 Å². The van der Waals surface area contributed by atoms with Crippen molar-refractivity contribution in [1.29, 1.82) is 0 Å². The highest BCUT2D eigenvalue weighted by Gasteiger charge is 2.16. The second-order valence-corrected chi connectivity index (χ2v) is 5.43. The number of hydrogen-bond acceptors (Lipinski definition) is 3. The summed E-state index contributed by atoms with van der Waals surface area (Å²) in [5.74, 6) is 0.114. The van der Waals surface area contributed by atoms with E-state index in [-0.39, 0.29) is 5.78 Å². The minimum Gasteiger partial charge on any atom is -0.326 e. The minimum atomic E-state index is 0.114. The highest BCUT2D eigenvalue weighted by atomic mass is 35.5. The fraction of sp³-hybridized carbons (Fsp3) is 0.375. The zero-order valence-corrected chi connectivity index (χ0v) is 13.2. The van der Waals surface area contributed by atoms with Crippen LogP contribution in [0.15, 0.2) is 24.3 Å². The number of carbonyl (C=O) groups is 1. The topological polar surface area (TPSA) is 60.9 Å². The van der Waals surface area contributed by atoms with E-state index in [1.54, 1.807) is 4.68 Å². The predicted molar refractivity (Wildman–Crippen MR) is 84.3 cm³/mol. The quantitative estimate of drug-likeness (QED) is 0.891. The Morgan fingerprint density at radius 2 is 1.95 bits per heavy atom. The van der Waals surface area contributed by atoms with Crippen molar-refractivity contribution in [2.75, 3.05) is 0 Å². The van der Waals surface area contributed by atoms with Gasteiger partial charge in [0.25, 0.3) is 0 Å². The number of aromatic nitrogens is 2. The van der Waals surface area contributed by atoms with Crippen LogP contribution in [-0.2, 0) is 37.6 Å². The van der Waals surface area contributed by atoms with Gasteiger partial charge in [0.05, 0.1) is 22.8 Å². The van der Waals surface area contributed by atoms with E-state index in [9.17, 15) is 4.79 Å². The van der Waals surface area contributed by atoms with Crippen LogP contribution >= 0.6 is 11.6 Å². The van der Waals surface area contributed by atoms with Crippen LogP contribution in [0.1, 0.15) is 29.4 Å². The fourth-order valence-electron chi connectivity index (χ4n) is 2.40. The molecular weight excluding hydrogens is 286 g/mol. The van der Waals surface area contributed by atoms with Gasteiger partial charge in [-0.3, -0.25) is 9.48 Å². The number of carbonyl (C=O) groups excluding carboxylic acids is 1. The van der Waals surface area contributed by atoms with Crippen molar-refractivity contribution in [1.82, 2.24) is 9.78 Å². The van der Waals surface area contributed by atoms with Gasteiger partial charge in [0.2, 0.25) is 0 Å². The first-order chi connectivity index (χ1) is 10.1. The summed E-state index contributed by atoms with van der Waals surface area (Å²) in [5, 5.41) is 4.95. The number of nitrogens with two attached hydrogens (primary N) is 1. The monoisotopic (exact) mass is 305 g/mol. The highest BCUT2D eigenvalue weighted by Crippen LogP contribution is 2.22. The maximum absolute atomic E-state index is 12.3. The first-order valence-corrected chi connectivity index (χ1v) is 7.43. The van der Waals surface area contributed by atoms with Crippen molar-refractivity contribution in [3.63, 3.8) is 0 Å². The van der Waals surface area contributed by atoms with Crippen LogP contribution < -0.4 is 5.73 Å². The molecule has 0 saturated carbocycles. The van der Waals surface area contributed by atoms with Crippen LogP contribution in [0.2, 0.25) is 5.02 Å². The minimum absolute atomic E-state index is 0.114. The van der Waals surface area contributed by atoms with Gasteiger partial charge in [-0.1, -0.05) is 42.8 Å². The molecular formula is C16H20ClN3O. The van der Waals surface area contributed by atoms with Crippen molar-refractivity contribution < 1.29 is 4.79 Å². The number of halogens is 1. The van der Waals surface area contributed by atoms with E-state index in [1.165, 1.54) is 0 Å². The Morgan fingerprint density at radius 3 is 2.52 bits per heavy atom.